The van der Waals surface area contributed by atoms with E-state index in [1.165, 1.54) is 6.07 Å². The summed E-state index contributed by atoms with van der Waals surface area (Å²) in [7, 11) is 0. The maximum absolute atomic E-state index is 12.3. The molecule has 0 saturated carbocycles. The topological polar surface area (TPSA) is 50.4 Å². The molecule has 1 aliphatic rings. The predicted molar refractivity (Wildman–Crippen MR) is 78.1 cm³/mol. The lowest BCUT2D eigenvalue weighted by atomic mass is 10.1. The molecule has 1 heterocycles. The Morgan fingerprint density at radius 2 is 2.00 bits per heavy atom. The molecule has 1 fully saturated rings. The SMILES string of the molecule is Cl.O=C(Cc1ccccc1OC(F)F)NC1CCNCC1. The number of hydrogen-bond acceptors (Lipinski definition) is 3. The van der Waals surface area contributed by atoms with E-state index >= 15 is 0 Å². The third kappa shape index (κ3) is 5.85. The molecule has 21 heavy (non-hydrogen) atoms. The minimum absolute atomic E-state index is 0. The van der Waals surface area contributed by atoms with Gasteiger partial charge < -0.3 is 15.4 Å². The van der Waals surface area contributed by atoms with E-state index in [9.17, 15) is 13.6 Å². The highest BCUT2D eigenvalue weighted by Crippen LogP contribution is 2.20. The number of alkyl halides is 2. The molecule has 1 aromatic rings. The summed E-state index contributed by atoms with van der Waals surface area (Å²) in [6.45, 7) is -1.12. The molecule has 0 radical (unpaired) electrons. The molecule has 1 saturated heterocycles. The average molecular weight is 321 g/mol. The number of ether oxygens (including phenoxy) is 1. The number of piperidine rings is 1. The van der Waals surface area contributed by atoms with Crippen LogP contribution in [0.2, 0.25) is 0 Å². The van der Waals surface area contributed by atoms with E-state index in [1.807, 2.05) is 0 Å². The van der Waals surface area contributed by atoms with Crippen molar-refractivity contribution >= 4 is 18.3 Å². The Labute approximate surface area is 128 Å². The number of amides is 1. The molecular formula is C14H19ClF2N2O2. The van der Waals surface area contributed by atoms with Crippen molar-refractivity contribution in [1.29, 1.82) is 0 Å². The van der Waals surface area contributed by atoms with E-state index < -0.39 is 6.61 Å². The first kappa shape index (κ1) is 17.7. The van der Waals surface area contributed by atoms with Crippen LogP contribution in [0.15, 0.2) is 24.3 Å². The molecule has 0 spiro atoms. The molecule has 0 unspecified atom stereocenters. The number of hydrogen-bond donors (Lipinski definition) is 2. The number of nitrogens with one attached hydrogen (secondary N) is 2. The lowest BCUT2D eigenvalue weighted by molar-refractivity contribution is -0.121. The van der Waals surface area contributed by atoms with Crippen molar-refractivity contribution < 1.29 is 18.3 Å². The molecular weight excluding hydrogens is 302 g/mol. The third-order valence-corrected chi connectivity index (χ3v) is 3.24. The first-order valence-corrected chi connectivity index (χ1v) is 6.68. The second kappa shape index (κ2) is 8.79. The predicted octanol–water partition coefficient (Wildman–Crippen LogP) is 2.12. The van der Waals surface area contributed by atoms with Crippen LogP contribution in [-0.2, 0) is 11.2 Å². The summed E-state index contributed by atoms with van der Waals surface area (Å²) < 4.78 is 29.0. The second-order valence-electron chi connectivity index (χ2n) is 4.75. The Hall–Kier alpha value is -1.40. The first-order chi connectivity index (χ1) is 9.65. The average Bonchev–Trinajstić information content (AvgIpc) is 2.41. The van der Waals surface area contributed by atoms with Crippen LogP contribution in [0.1, 0.15) is 18.4 Å². The van der Waals surface area contributed by atoms with Gasteiger partial charge in [0.15, 0.2) is 0 Å². The quantitative estimate of drug-likeness (QED) is 0.874. The molecule has 2 N–H and O–H groups in total. The fourth-order valence-corrected chi connectivity index (χ4v) is 2.28. The summed E-state index contributed by atoms with van der Waals surface area (Å²) in [5.41, 5.74) is 0.472. The van der Waals surface area contributed by atoms with E-state index in [4.69, 9.17) is 0 Å². The number of halogens is 3. The van der Waals surface area contributed by atoms with E-state index in [0.29, 0.717) is 5.56 Å². The Morgan fingerprint density at radius 1 is 1.33 bits per heavy atom. The van der Waals surface area contributed by atoms with Gasteiger partial charge in [-0.15, -0.1) is 12.4 Å². The molecule has 0 bridgehead atoms. The maximum atomic E-state index is 12.3. The van der Waals surface area contributed by atoms with Crippen LogP contribution in [0.5, 0.6) is 5.75 Å². The van der Waals surface area contributed by atoms with Gasteiger partial charge in [-0.05, 0) is 32.0 Å². The van der Waals surface area contributed by atoms with Gasteiger partial charge in [-0.3, -0.25) is 4.79 Å². The summed E-state index contributed by atoms with van der Waals surface area (Å²) in [6.07, 6.45) is 1.83. The number of benzene rings is 1. The molecule has 0 atom stereocenters. The van der Waals surface area contributed by atoms with Gasteiger partial charge in [0.1, 0.15) is 5.75 Å². The van der Waals surface area contributed by atoms with Crippen molar-refractivity contribution in [2.45, 2.75) is 31.9 Å². The monoisotopic (exact) mass is 320 g/mol. The molecule has 0 aromatic heterocycles. The first-order valence-electron chi connectivity index (χ1n) is 6.68. The Bertz CT molecular complexity index is 454. The fraction of sp³-hybridized carbons (Fsp3) is 0.500. The molecule has 4 nitrogen and oxygen atoms in total. The van der Waals surface area contributed by atoms with Crippen molar-refractivity contribution in [1.82, 2.24) is 10.6 Å². The summed E-state index contributed by atoms with van der Waals surface area (Å²) in [4.78, 5) is 11.9. The smallest absolute Gasteiger partial charge is 0.387 e. The molecule has 0 aliphatic carbocycles. The van der Waals surface area contributed by atoms with Crippen LogP contribution in [0.25, 0.3) is 0 Å². The minimum Gasteiger partial charge on any atom is -0.435 e. The molecule has 1 aliphatic heterocycles. The lowest BCUT2D eigenvalue weighted by Gasteiger charge is -2.23. The summed E-state index contributed by atoms with van der Waals surface area (Å²) in [5, 5.41) is 6.14. The fourth-order valence-electron chi connectivity index (χ4n) is 2.28. The van der Waals surface area contributed by atoms with Crippen LogP contribution < -0.4 is 15.4 Å². The van der Waals surface area contributed by atoms with Gasteiger partial charge in [-0.2, -0.15) is 8.78 Å². The second-order valence-corrected chi connectivity index (χ2v) is 4.75. The van der Waals surface area contributed by atoms with Gasteiger partial charge in [-0.1, -0.05) is 18.2 Å². The Kier molecular flexibility index (Phi) is 7.39. The third-order valence-electron chi connectivity index (χ3n) is 3.24. The zero-order valence-electron chi connectivity index (χ0n) is 11.5. The van der Waals surface area contributed by atoms with Gasteiger partial charge in [0.2, 0.25) is 5.91 Å². The lowest BCUT2D eigenvalue weighted by Crippen LogP contribution is -2.43. The van der Waals surface area contributed by atoms with E-state index in [-0.39, 0.29) is 36.5 Å². The van der Waals surface area contributed by atoms with Crippen LogP contribution in [-0.4, -0.2) is 31.7 Å². The minimum atomic E-state index is -2.89. The van der Waals surface area contributed by atoms with Gasteiger partial charge in [0, 0.05) is 11.6 Å². The Balaban J connectivity index is 0.00000220. The largest absolute Gasteiger partial charge is 0.435 e. The van der Waals surface area contributed by atoms with Gasteiger partial charge in [0.25, 0.3) is 0 Å². The van der Waals surface area contributed by atoms with Crippen LogP contribution in [0.3, 0.4) is 0 Å². The number of carbonyl (C=O) groups is 1. The summed E-state index contributed by atoms with van der Waals surface area (Å²) >= 11 is 0. The zero-order valence-corrected chi connectivity index (χ0v) is 12.3. The van der Waals surface area contributed by atoms with Crippen molar-refractivity contribution in [3.8, 4) is 5.75 Å². The van der Waals surface area contributed by atoms with Gasteiger partial charge in [-0.25, -0.2) is 0 Å². The number of carbonyl (C=O) groups excluding carboxylic acids is 1. The highest BCUT2D eigenvalue weighted by atomic mass is 35.5. The maximum Gasteiger partial charge on any atom is 0.387 e. The van der Waals surface area contributed by atoms with E-state index in [0.717, 1.165) is 25.9 Å². The molecule has 7 heteroatoms. The molecule has 1 amide bonds. The molecule has 2 rings (SSSR count). The van der Waals surface area contributed by atoms with Crippen LogP contribution in [0.4, 0.5) is 8.78 Å². The Morgan fingerprint density at radius 3 is 2.67 bits per heavy atom. The van der Waals surface area contributed by atoms with E-state index in [1.54, 1.807) is 18.2 Å². The van der Waals surface area contributed by atoms with Gasteiger partial charge >= 0.3 is 6.61 Å². The summed E-state index contributed by atoms with van der Waals surface area (Å²) in [5.74, 6) is -0.106. The highest BCUT2D eigenvalue weighted by Gasteiger charge is 2.17. The molecule has 118 valence electrons. The van der Waals surface area contributed by atoms with Crippen molar-refractivity contribution in [3.63, 3.8) is 0 Å². The van der Waals surface area contributed by atoms with Crippen LogP contribution >= 0.6 is 12.4 Å². The van der Waals surface area contributed by atoms with Gasteiger partial charge in [0.05, 0.1) is 6.42 Å². The van der Waals surface area contributed by atoms with Crippen LogP contribution in [0, 0.1) is 0 Å². The number of para-hydroxylation sites is 1. The normalized spacial score (nSPS) is 15.4. The summed E-state index contributed by atoms with van der Waals surface area (Å²) in [6, 6.07) is 6.53. The zero-order chi connectivity index (χ0) is 14.4. The van der Waals surface area contributed by atoms with E-state index in [2.05, 4.69) is 15.4 Å². The standard InChI is InChI=1S/C14H18F2N2O2.ClH/c15-14(16)20-12-4-2-1-3-10(12)9-13(19)18-11-5-7-17-8-6-11;/h1-4,11,14,17H,5-9H2,(H,18,19);1H. The van der Waals surface area contributed by atoms with Crippen molar-refractivity contribution in [2.24, 2.45) is 0 Å². The highest BCUT2D eigenvalue weighted by molar-refractivity contribution is 5.85. The van der Waals surface area contributed by atoms with Crippen molar-refractivity contribution in [3.05, 3.63) is 29.8 Å². The molecule has 1 aromatic carbocycles. The van der Waals surface area contributed by atoms with Crippen molar-refractivity contribution in [2.75, 3.05) is 13.1 Å². The number of rotatable bonds is 5.